The lowest BCUT2D eigenvalue weighted by molar-refractivity contribution is -0.140. The van der Waals surface area contributed by atoms with Crippen molar-refractivity contribution in [2.45, 2.75) is 13.3 Å². The van der Waals surface area contributed by atoms with Gasteiger partial charge >= 0.3 is 5.97 Å². The second kappa shape index (κ2) is 5.71. The number of thiol groups is 1. The number of carboxylic acids is 1. The number of carboxylic acid groups (broad SMARTS) is 1. The Bertz CT molecular complexity index is 440. The van der Waals surface area contributed by atoms with E-state index in [0.29, 0.717) is 11.3 Å². The molecular formula is C12H12O2S3. The number of rotatable bonds is 5. The van der Waals surface area contributed by atoms with Crippen molar-refractivity contribution in [3.63, 3.8) is 0 Å². The van der Waals surface area contributed by atoms with Gasteiger partial charge in [0.1, 0.15) is 5.41 Å². The Morgan fingerprint density at radius 1 is 1.35 bits per heavy atom. The molecule has 1 rings (SSSR count). The first-order valence-electron chi connectivity index (χ1n) is 4.93. The topological polar surface area (TPSA) is 37.3 Å². The third kappa shape index (κ3) is 3.12. The first-order valence-corrected chi connectivity index (χ1v) is 6.19. The van der Waals surface area contributed by atoms with Crippen LogP contribution in [0.5, 0.6) is 0 Å². The molecule has 1 unspecified atom stereocenters. The van der Waals surface area contributed by atoms with Gasteiger partial charge in [-0.1, -0.05) is 54.8 Å². The van der Waals surface area contributed by atoms with E-state index in [1.807, 2.05) is 30.3 Å². The van der Waals surface area contributed by atoms with Crippen LogP contribution < -0.4 is 0 Å². The van der Waals surface area contributed by atoms with Gasteiger partial charge in [0.2, 0.25) is 0 Å². The molecule has 1 N–H and O–H groups in total. The molecule has 0 fully saturated rings. The molecule has 1 atom stereocenters. The van der Waals surface area contributed by atoms with E-state index in [-0.39, 0.29) is 4.20 Å². The van der Waals surface area contributed by atoms with Gasteiger partial charge in [0, 0.05) is 11.3 Å². The molecule has 0 amide bonds. The van der Waals surface area contributed by atoms with Crippen LogP contribution in [0.2, 0.25) is 0 Å². The Kier molecular flexibility index (Phi) is 4.80. The van der Waals surface area contributed by atoms with Crippen molar-refractivity contribution in [2.24, 2.45) is 5.41 Å². The van der Waals surface area contributed by atoms with Crippen LogP contribution in [-0.4, -0.2) is 20.1 Å². The summed E-state index contributed by atoms with van der Waals surface area (Å²) in [5.41, 5.74) is -0.376. The van der Waals surface area contributed by atoms with Crippen LogP contribution in [0.15, 0.2) is 30.3 Å². The van der Waals surface area contributed by atoms with Gasteiger partial charge in [0.15, 0.2) is 0 Å². The maximum atomic E-state index is 11.3. The molecule has 1 aromatic carbocycles. The van der Waals surface area contributed by atoms with Crippen LogP contribution in [0, 0.1) is 5.41 Å². The molecule has 0 aliphatic heterocycles. The molecule has 0 spiro atoms. The van der Waals surface area contributed by atoms with E-state index in [1.165, 1.54) is 6.92 Å². The second-order valence-electron chi connectivity index (χ2n) is 3.82. The van der Waals surface area contributed by atoms with E-state index in [1.54, 1.807) is 0 Å². The highest BCUT2D eigenvalue weighted by atomic mass is 32.1. The zero-order valence-corrected chi connectivity index (χ0v) is 11.7. The molecule has 1 aromatic rings. The fourth-order valence-corrected chi connectivity index (χ4v) is 2.23. The predicted molar refractivity (Wildman–Crippen MR) is 80.1 cm³/mol. The highest BCUT2D eigenvalue weighted by Crippen LogP contribution is 2.26. The van der Waals surface area contributed by atoms with Gasteiger partial charge in [0.05, 0.1) is 4.20 Å². The third-order valence-corrected chi connectivity index (χ3v) is 4.03. The Morgan fingerprint density at radius 3 is 2.29 bits per heavy atom. The van der Waals surface area contributed by atoms with E-state index in [0.717, 1.165) is 5.56 Å². The van der Waals surface area contributed by atoms with Crippen LogP contribution in [0.1, 0.15) is 12.5 Å². The highest BCUT2D eigenvalue weighted by molar-refractivity contribution is 8.11. The predicted octanol–water partition coefficient (Wildman–Crippen LogP) is 2.95. The van der Waals surface area contributed by atoms with Crippen molar-refractivity contribution in [1.82, 2.24) is 0 Å². The number of carbonyl (C=O) groups is 1. The monoisotopic (exact) mass is 284 g/mol. The summed E-state index contributed by atoms with van der Waals surface area (Å²) in [6, 6.07) is 9.46. The summed E-state index contributed by atoms with van der Waals surface area (Å²) in [4.78, 5) is 11.6. The summed E-state index contributed by atoms with van der Waals surface area (Å²) in [6.45, 7) is 1.50. The van der Waals surface area contributed by atoms with Crippen molar-refractivity contribution in [1.29, 1.82) is 0 Å². The third-order valence-electron chi connectivity index (χ3n) is 2.62. The lowest BCUT2D eigenvalue weighted by Crippen LogP contribution is -2.40. The molecule has 0 radical (unpaired) electrons. The van der Waals surface area contributed by atoms with Gasteiger partial charge in [-0.2, -0.15) is 0 Å². The highest BCUT2D eigenvalue weighted by Gasteiger charge is 2.40. The van der Waals surface area contributed by atoms with Gasteiger partial charge in [-0.15, -0.1) is 12.6 Å². The van der Waals surface area contributed by atoms with Gasteiger partial charge in [0.25, 0.3) is 0 Å². The molecule has 0 bridgehead atoms. The molecule has 0 heterocycles. The zero-order chi connectivity index (χ0) is 13.1. The van der Waals surface area contributed by atoms with Crippen molar-refractivity contribution < 1.29 is 9.90 Å². The summed E-state index contributed by atoms with van der Waals surface area (Å²) in [7, 11) is 0. The average Bonchev–Trinajstić information content (AvgIpc) is 2.28. The first kappa shape index (κ1) is 14.3. The minimum atomic E-state index is -1.34. The average molecular weight is 284 g/mol. The molecule has 0 aliphatic carbocycles. The number of hydrogen-bond acceptors (Lipinski definition) is 3. The van der Waals surface area contributed by atoms with E-state index in [2.05, 4.69) is 12.6 Å². The lowest BCUT2D eigenvalue weighted by Gasteiger charge is -2.24. The Hall–Kier alpha value is -0.780. The molecule has 0 saturated carbocycles. The zero-order valence-electron chi connectivity index (χ0n) is 9.21. The molecule has 2 nitrogen and oxygen atoms in total. The standard InChI is InChI=1S/C12H12O2S3/c1-12(10(13)14,11(16)17)9(15)7-8-5-3-2-4-6-8/h2-6H,7H2,1H3,(H,13,14)(H,16,17). The normalized spacial score (nSPS) is 13.8. The van der Waals surface area contributed by atoms with Gasteiger partial charge in [-0.25, -0.2) is 0 Å². The number of benzene rings is 1. The maximum absolute atomic E-state index is 11.3. The number of hydrogen-bond donors (Lipinski definition) is 2. The largest absolute Gasteiger partial charge is 0.480 e. The van der Waals surface area contributed by atoms with Crippen LogP contribution in [0.3, 0.4) is 0 Å². The molecule has 0 aromatic heterocycles. The molecule has 17 heavy (non-hydrogen) atoms. The number of thiocarbonyl (C=S) groups is 2. The molecule has 5 heteroatoms. The quantitative estimate of drug-likeness (QED) is 0.644. The van der Waals surface area contributed by atoms with Gasteiger partial charge in [-0.05, 0) is 12.5 Å². The fourth-order valence-electron chi connectivity index (χ4n) is 1.29. The van der Waals surface area contributed by atoms with Crippen LogP contribution in [-0.2, 0) is 11.2 Å². The molecular weight excluding hydrogens is 272 g/mol. The van der Waals surface area contributed by atoms with Crippen molar-refractivity contribution >= 4 is 52.1 Å². The smallest absolute Gasteiger partial charge is 0.320 e. The SMILES string of the molecule is CC(C(=O)O)(C(=S)S)C(=S)Cc1ccccc1. The van der Waals surface area contributed by atoms with Crippen molar-refractivity contribution in [2.75, 3.05) is 0 Å². The van der Waals surface area contributed by atoms with Gasteiger partial charge < -0.3 is 5.11 Å². The molecule has 0 saturated heterocycles. The molecule has 90 valence electrons. The molecule has 0 aliphatic rings. The summed E-state index contributed by atoms with van der Waals surface area (Å²) in [5.74, 6) is -1.06. The minimum Gasteiger partial charge on any atom is -0.480 e. The maximum Gasteiger partial charge on any atom is 0.320 e. The summed E-state index contributed by atoms with van der Waals surface area (Å²) >= 11 is 14.1. The van der Waals surface area contributed by atoms with Gasteiger partial charge in [-0.3, -0.25) is 4.79 Å². The summed E-state index contributed by atoms with van der Waals surface area (Å²) in [5, 5.41) is 9.23. The van der Waals surface area contributed by atoms with Crippen LogP contribution >= 0.6 is 37.1 Å². The van der Waals surface area contributed by atoms with Crippen molar-refractivity contribution in [3.05, 3.63) is 35.9 Å². The Balaban J connectivity index is 2.96. The van der Waals surface area contributed by atoms with Crippen LogP contribution in [0.4, 0.5) is 0 Å². The van der Waals surface area contributed by atoms with E-state index in [9.17, 15) is 9.90 Å². The lowest BCUT2D eigenvalue weighted by atomic mass is 9.85. The minimum absolute atomic E-state index is 0.0888. The summed E-state index contributed by atoms with van der Waals surface area (Å²) in [6.07, 6.45) is 0.402. The van der Waals surface area contributed by atoms with E-state index < -0.39 is 11.4 Å². The number of aliphatic carboxylic acids is 1. The van der Waals surface area contributed by atoms with Crippen LogP contribution in [0.25, 0.3) is 0 Å². The Labute approximate surface area is 116 Å². The summed E-state index contributed by atoms with van der Waals surface area (Å²) < 4.78 is 0.0888. The van der Waals surface area contributed by atoms with Crippen molar-refractivity contribution in [3.8, 4) is 0 Å². The Morgan fingerprint density at radius 2 is 1.88 bits per heavy atom. The van der Waals surface area contributed by atoms with E-state index >= 15 is 0 Å². The first-order chi connectivity index (χ1) is 7.89. The second-order valence-corrected chi connectivity index (χ2v) is 5.47. The van der Waals surface area contributed by atoms with E-state index in [4.69, 9.17) is 24.4 Å². The fraction of sp³-hybridized carbons (Fsp3) is 0.250.